The molecule has 1 aromatic heterocycles. The molecule has 0 aliphatic carbocycles. The molecule has 2 aromatic rings. The van der Waals surface area contributed by atoms with Crippen molar-refractivity contribution >= 4 is 22.3 Å². The topological polar surface area (TPSA) is 40.6 Å². The van der Waals surface area contributed by atoms with Gasteiger partial charge >= 0.3 is 0 Å². The molecule has 0 saturated carbocycles. The average Bonchev–Trinajstić information content (AvgIpc) is 2.86. The monoisotopic (exact) mass is 448 g/mol. The van der Waals surface area contributed by atoms with E-state index in [0.29, 0.717) is 5.92 Å². The second-order valence-electron chi connectivity index (χ2n) is 9.26. The number of hydrogen-bond donors (Lipinski definition) is 1. The fourth-order valence-electron chi connectivity index (χ4n) is 5.21. The number of aromatic nitrogens is 1. The number of likely N-dealkylation sites (tertiary alicyclic amines) is 2. The summed E-state index contributed by atoms with van der Waals surface area (Å²) < 4.78 is 5.51. The number of piperidine rings is 2. The van der Waals surface area contributed by atoms with Crippen LogP contribution in [0.5, 0.6) is 0 Å². The predicted octanol–water partition coefficient (Wildman–Crippen LogP) is 6.12. The zero-order valence-corrected chi connectivity index (χ0v) is 20.4. The molecule has 1 N–H and O–H groups in total. The molecule has 5 nitrogen and oxygen atoms in total. The van der Waals surface area contributed by atoms with Gasteiger partial charge in [0.15, 0.2) is 0 Å². The second kappa shape index (κ2) is 11.0. The van der Waals surface area contributed by atoms with Gasteiger partial charge in [-0.2, -0.15) is 0 Å². The molecule has 2 aliphatic rings. The van der Waals surface area contributed by atoms with Gasteiger partial charge in [-0.1, -0.05) is 24.8 Å². The molecule has 2 fully saturated rings. The molecule has 33 heavy (non-hydrogen) atoms. The number of allylic oxidation sites excluding steroid dienone is 3. The van der Waals surface area contributed by atoms with E-state index >= 15 is 0 Å². The minimum atomic E-state index is 0. The lowest BCUT2D eigenvalue weighted by Crippen LogP contribution is -2.47. The zero-order chi connectivity index (χ0) is 23.2. The molecule has 1 aromatic carbocycles. The molecule has 0 bridgehead atoms. The first-order chi connectivity index (χ1) is 16.1. The maximum atomic E-state index is 5.51. The van der Waals surface area contributed by atoms with Crippen molar-refractivity contribution in [1.29, 1.82) is 0 Å². The van der Waals surface area contributed by atoms with E-state index in [1.54, 1.807) is 0 Å². The first kappa shape index (κ1) is 23.5. The van der Waals surface area contributed by atoms with Crippen molar-refractivity contribution in [2.45, 2.75) is 45.6 Å². The molecule has 2 saturated heterocycles. The fraction of sp³-hybridized carbons (Fsp3) is 0.464. The Kier molecular flexibility index (Phi) is 7.84. The van der Waals surface area contributed by atoms with E-state index in [-0.39, 0.29) is 1.43 Å². The zero-order valence-electron chi connectivity index (χ0n) is 20.4. The van der Waals surface area contributed by atoms with Crippen LogP contribution >= 0.6 is 0 Å². The lowest BCUT2D eigenvalue weighted by molar-refractivity contribution is 0.0913. The van der Waals surface area contributed by atoms with Crippen LogP contribution in [0.1, 0.15) is 46.7 Å². The Bertz CT molecular complexity index is 1020. The maximum absolute atomic E-state index is 5.51. The van der Waals surface area contributed by atoms with Gasteiger partial charge in [-0.25, -0.2) is 4.98 Å². The summed E-state index contributed by atoms with van der Waals surface area (Å²) in [6, 6.07) is 11.3. The Morgan fingerprint density at radius 2 is 1.79 bits per heavy atom. The lowest BCUT2D eigenvalue weighted by atomic mass is 9.90. The highest BCUT2D eigenvalue weighted by Crippen LogP contribution is 2.30. The molecule has 0 amide bonds. The summed E-state index contributed by atoms with van der Waals surface area (Å²) in [5.41, 5.74) is 4.19. The van der Waals surface area contributed by atoms with E-state index in [1.165, 1.54) is 63.8 Å². The Hall–Kier alpha value is -2.63. The summed E-state index contributed by atoms with van der Waals surface area (Å²) in [5, 5.41) is 4.83. The Labute approximate surface area is 200 Å². The third-order valence-electron chi connectivity index (χ3n) is 7.19. The molecule has 3 heterocycles. The number of fused-ring (bicyclic) bond motifs is 1. The lowest BCUT2D eigenvalue weighted by Gasteiger charge is -2.41. The van der Waals surface area contributed by atoms with Gasteiger partial charge in [0, 0.05) is 30.2 Å². The smallest absolute Gasteiger partial charge is 0.147 e. The molecule has 0 spiro atoms. The first-order valence-electron chi connectivity index (χ1n) is 12.3. The van der Waals surface area contributed by atoms with Crippen LogP contribution in [0.25, 0.3) is 16.7 Å². The Morgan fingerprint density at radius 3 is 2.45 bits per heavy atom. The molecule has 0 atom stereocenters. The first-order valence-corrected chi connectivity index (χ1v) is 12.3. The molecule has 4 rings (SSSR count). The molecular formula is C28H40N4O. The highest BCUT2D eigenvalue weighted by atomic mass is 16.5. The van der Waals surface area contributed by atoms with Gasteiger partial charge in [0.2, 0.25) is 0 Å². The minimum absolute atomic E-state index is 0. The molecule has 178 valence electrons. The van der Waals surface area contributed by atoms with Gasteiger partial charge in [-0.05, 0) is 97.0 Å². The third-order valence-corrected chi connectivity index (χ3v) is 7.19. The van der Waals surface area contributed by atoms with Crippen molar-refractivity contribution < 1.29 is 6.16 Å². The SMILES string of the molecule is C=CO/C(=C\C)c1ccc2ccc(N/C(=C\C)C3CCN(C4CCN(C)CC4)CC3)cc2n1.[HH]. The number of nitrogens with one attached hydrogen (secondary N) is 1. The van der Waals surface area contributed by atoms with Gasteiger partial charge in [0.05, 0.1) is 11.8 Å². The third kappa shape index (κ3) is 5.66. The summed E-state index contributed by atoms with van der Waals surface area (Å²) in [5.74, 6) is 1.30. The van der Waals surface area contributed by atoms with E-state index in [0.717, 1.165) is 34.1 Å². The van der Waals surface area contributed by atoms with Gasteiger partial charge in [-0.3, -0.25) is 0 Å². The van der Waals surface area contributed by atoms with Crippen molar-refractivity contribution in [2.75, 3.05) is 38.5 Å². The second-order valence-corrected chi connectivity index (χ2v) is 9.26. The standard InChI is InChI=1S/C28H38N4O.H2/c1-5-25(22-12-18-32(19-13-22)24-14-16-31(4)17-15-24)29-23-10-8-21-9-11-26(30-27(21)20-23)28(6-2)33-7-3;/h5-11,20,22,24,29H,3,12-19H2,1-2,4H3;1H/b25-5-,28-6-;. The van der Waals surface area contributed by atoms with Crippen LogP contribution in [0.3, 0.4) is 0 Å². The minimum Gasteiger partial charge on any atom is -0.464 e. The highest BCUT2D eigenvalue weighted by molar-refractivity contribution is 5.84. The maximum Gasteiger partial charge on any atom is 0.147 e. The van der Waals surface area contributed by atoms with Crippen LogP contribution in [0, 0.1) is 5.92 Å². The molecule has 0 unspecified atom stereocenters. The van der Waals surface area contributed by atoms with E-state index in [2.05, 4.69) is 66.0 Å². The fourth-order valence-corrected chi connectivity index (χ4v) is 5.21. The predicted molar refractivity (Wildman–Crippen MR) is 141 cm³/mol. The van der Waals surface area contributed by atoms with Crippen LogP contribution in [-0.2, 0) is 4.74 Å². The van der Waals surface area contributed by atoms with Gasteiger partial charge in [0.25, 0.3) is 0 Å². The number of hydrogen-bond acceptors (Lipinski definition) is 5. The molecule has 5 heteroatoms. The Balaban J connectivity index is 0.00000324. The van der Waals surface area contributed by atoms with Crippen LogP contribution in [0.4, 0.5) is 5.69 Å². The van der Waals surface area contributed by atoms with Crippen LogP contribution in [-0.4, -0.2) is 54.1 Å². The summed E-state index contributed by atoms with van der Waals surface area (Å²) >= 11 is 0. The van der Waals surface area contributed by atoms with Gasteiger partial charge in [-0.15, -0.1) is 0 Å². The van der Waals surface area contributed by atoms with Crippen LogP contribution in [0.15, 0.2) is 61.0 Å². The van der Waals surface area contributed by atoms with E-state index in [4.69, 9.17) is 9.72 Å². The van der Waals surface area contributed by atoms with Crippen molar-refractivity contribution in [2.24, 2.45) is 5.92 Å². The van der Waals surface area contributed by atoms with E-state index in [9.17, 15) is 0 Å². The Morgan fingerprint density at radius 1 is 1.06 bits per heavy atom. The normalized spacial score (nSPS) is 20.2. The number of nitrogens with zero attached hydrogens (tertiary/aromatic N) is 3. The summed E-state index contributed by atoms with van der Waals surface area (Å²) in [6.45, 7) is 12.6. The number of benzene rings is 1. The van der Waals surface area contributed by atoms with Crippen molar-refractivity contribution in [3.63, 3.8) is 0 Å². The molecule has 0 radical (unpaired) electrons. The summed E-state index contributed by atoms with van der Waals surface area (Å²) in [6.07, 6.45) is 10.7. The molecule has 2 aliphatic heterocycles. The van der Waals surface area contributed by atoms with Crippen molar-refractivity contribution in [3.05, 3.63) is 66.7 Å². The number of rotatable bonds is 7. The van der Waals surface area contributed by atoms with Crippen molar-refractivity contribution in [1.82, 2.24) is 14.8 Å². The van der Waals surface area contributed by atoms with Gasteiger partial charge in [0.1, 0.15) is 11.5 Å². The highest BCUT2D eigenvalue weighted by Gasteiger charge is 2.28. The van der Waals surface area contributed by atoms with Crippen molar-refractivity contribution in [3.8, 4) is 0 Å². The molecular weight excluding hydrogens is 408 g/mol. The van der Waals surface area contributed by atoms with Crippen LogP contribution < -0.4 is 5.32 Å². The summed E-state index contributed by atoms with van der Waals surface area (Å²) in [7, 11) is 2.24. The number of pyridine rings is 1. The van der Waals surface area contributed by atoms with Crippen LogP contribution in [0.2, 0.25) is 0 Å². The van der Waals surface area contributed by atoms with Gasteiger partial charge < -0.3 is 19.9 Å². The average molecular weight is 449 g/mol. The largest absolute Gasteiger partial charge is 0.464 e. The van der Waals surface area contributed by atoms with E-state index in [1.807, 2.05) is 19.1 Å². The summed E-state index contributed by atoms with van der Waals surface area (Å²) in [4.78, 5) is 10.0. The quantitative estimate of drug-likeness (QED) is 0.517. The number of anilines is 1. The van der Waals surface area contributed by atoms with E-state index < -0.39 is 0 Å². The number of ether oxygens (including phenoxy) is 1.